The van der Waals surface area contributed by atoms with Crippen LogP contribution in [0.25, 0.3) is 0 Å². The van der Waals surface area contributed by atoms with Crippen LogP contribution in [0.1, 0.15) is 238 Å². The third kappa shape index (κ3) is 15.7. The average Bonchev–Trinajstić information content (AvgIpc) is 3.63. The molecule has 77 heavy (non-hydrogen) atoms. The monoisotopic (exact) mass is 1080 g/mol. The molecule has 0 aromatic rings. The normalized spacial score (nSPS) is 29.8. The summed E-state index contributed by atoms with van der Waals surface area (Å²) in [6, 6.07) is 0. The summed E-state index contributed by atoms with van der Waals surface area (Å²) in [6.45, 7) is 27.3. The zero-order chi connectivity index (χ0) is 57.3. The van der Waals surface area contributed by atoms with Crippen LogP contribution in [0.2, 0.25) is 0 Å². The van der Waals surface area contributed by atoms with Gasteiger partial charge in [0.1, 0.15) is 30.0 Å². The fraction of sp³-hybridized carbons (Fsp3) is 0.871. The number of ether oxygens (including phenoxy) is 6. The quantitative estimate of drug-likeness (QED) is 0.0714. The van der Waals surface area contributed by atoms with Gasteiger partial charge in [-0.05, 0) is 207 Å². The van der Waals surface area contributed by atoms with Crippen molar-refractivity contribution < 1.29 is 66.8 Å². The largest absolute Gasteiger partial charge is 0.463 e. The molecule has 7 aliphatic carbocycles. The Morgan fingerprint density at radius 1 is 0.558 bits per heavy atom. The minimum Gasteiger partial charge on any atom is -0.463 e. The Bertz CT molecular complexity index is 2040. The molecule has 5 unspecified atom stereocenters. The van der Waals surface area contributed by atoms with Crippen molar-refractivity contribution >= 4 is 47.6 Å². The zero-order valence-corrected chi connectivity index (χ0v) is 50.0. The van der Waals surface area contributed by atoms with Crippen LogP contribution < -0.4 is 0 Å². The van der Waals surface area contributed by atoms with Gasteiger partial charge in [0, 0.05) is 18.8 Å². The van der Waals surface area contributed by atoms with Crippen molar-refractivity contribution in [1.82, 2.24) is 4.90 Å². The Labute approximate surface area is 462 Å². The Morgan fingerprint density at radius 3 is 1.53 bits per heavy atom. The number of amides is 2. The van der Waals surface area contributed by atoms with Gasteiger partial charge in [0.2, 0.25) is 11.8 Å². The molecule has 15 nitrogen and oxygen atoms in total. The molecule has 7 saturated carbocycles. The minimum absolute atomic E-state index is 0.0150. The highest BCUT2D eigenvalue weighted by molar-refractivity contribution is 6.01. The fourth-order valence-corrected chi connectivity index (χ4v) is 13.0. The lowest BCUT2D eigenvalue weighted by Crippen LogP contribution is -2.60. The van der Waals surface area contributed by atoms with E-state index in [0.717, 1.165) is 80.9 Å². The molecule has 5 atom stereocenters. The highest BCUT2D eigenvalue weighted by Crippen LogP contribution is 2.61. The Balaban J connectivity index is 0.000000192. The van der Waals surface area contributed by atoms with E-state index in [1.165, 1.54) is 51.4 Å². The summed E-state index contributed by atoms with van der Waals surface area (Å²) < 4.78 is 33.4. The molecule has 10 rings (SSSR count). The molecule has 3 aliphatic heterocycles. The van der Waals surface area contributed by atoms with E-state index in [9.17, 15) is 38.4 Å². The first-order chi connectivity index (χ1) is 36.0. The minimum atomic E-state index is -0.615. The van der Waals surface area contributed by atoms with Gasteiger partial charge in [0.05, 0.1) is 34.1 Å². The first kappa shape index (κ1) is 63.8. The van der Waals surface area contributed by atoms with Crippen LogP contribution >= 0.6 is 0 Å². The zero-order valence-electron chi connectivity index (χ0n) is 50.0. The maximum absolute atomic E-state index is 12.6. The smallest absolute Gasteiger partial charge is 0.344 e. The maximum Gasteiger partial charge on any atom is 0.344 e. The van der Waals surface area contributed by atoms with Crippen LogP contribution in [0, 0.1) is 63.1 Å². The lowest BCUT2D eigenvalue weighted by atomic mass is 9.49. The van der Waals surface area contributed by atoms with E-state index in [2.05, 4.69) is 20.8 Å². The van der Waals surface area contributed by atoms with Crippen molar-refractivity contribution in [3.63, 3.8) is 0 Å². The molecule has 0 spiro atoms. The highest BCUT2D eigenvalue weighted by atomic mass is 16.6. The predicted octanol–water partition coefficient (Wildman–Crippen LogP) is 12.0. The number of carbonyl (C=O) groups excluding carboxylic acids is 8. The van der Waals surface area contributed by atoms with Crippen LogP contribution in [0.4, 0.5) is 0 Å². The van der Waals surface area contributed by atoms with Crippen LogP contribution in [-0.4, -0.2) is 95.7 Å². The second-order valence-corrected chi connectivity index (χ2v) is 26.8. The summed E-state index contributed by atoms with van der Waals surface area (Å²) in [4.78, 5) is 96.1. The van der Waals surface area contributed by atoms with Crippen molar-refractivity contribution in [2.75, 3.05) is 19.8 Å². The van der Waals surface area contributed by atoms with Crippen LogP contribution in [0.15, 0.2) is 0 Å². The first-order valence-corrected chi connectivity index (χ1v) is 30.1. The number of imide groups is 1. The lowest BCUT2D eigenvalue weighted by Gasteiger charge is -2.60. The predicted molar refractivity (Wildman–Crippen MR) is 291 cm³/mol. The van der Waals surface area contributed by atoms with Gasteiger partial charge in [0.25, 0.3) is 0 Å². The molecule has 438 valence electrons. The SMILES string of the molecule is CCC(C)(C)C(=O)OC1(CC)C2CC3CC(C2)CC1C3.CCC(C)(C)C(=O)OCC(=O)OC1C2CC3CC(C2)C(=O)OC1C3.CCC(C)(C)C(=O)OCCN1C(=O)CCC1=O.CCC1(OC(=O)C(C)(C)CC)CCCCC1. The molecule has 10 fully saturated rings. The number of nitrogens with zero attached hydrogens (tertiary/aromatic N) is 1. The van der Waals surface area contributed by atoms with Gasteiger partial charge in [0.15, 0.2) is 6.61 Å². The van der Waals surface area contributed by atoms with Gasteiger partial charge in [-0.25, -0.2) is 4.79 Å². The first-order valence-electron chi connectivity index (χ1n) is 30.1. The molecule has 10 aliphatic rings. The summed E-state index contributed by atoms with van der Waals surface area (Å²) in [6.07, 6.45) is 20.6. The molecule has 3 heterocycles. The Kier molecular flexibility index (Phi) is 21.9. The van der Waals surface area contributed by atoms with Crippen molar-refractivity contribution in [2.45, 2.75) is 262 Å². The van der Waals surface area contributed by atoms with E-state index >= 15 is 0 Å². The van der Waals surface area contributed by atoms with Gasteiger partial charge in [-0.15, -0.1) is 0 Å². The summed E-state index contributed by atoms with van der Waals surface area (Å²) in [5.74, 6) is 1.99. The third-order valence-electron chi connectivity index (χ3n) is 19.9. The molecule has 2 amide bonds. The van der Waals surface area contributed by atoms with Gasteiger partial charge in [-0.2, -0.15) is 0 Å². The number of hydrogen-bond donors (Lipinski definition) is 0. The van der Waals surface area contributed by atoms with E-state index < -0.39 is 28.9 Å². The number of carbonyl (C=O) groups is 8. The van der Waals surface area contributed by atoms with E-state index in [4.69, 9.17) is 28.4 Å². The van der Waals surface area contributed by atoms with Gasteiger partial charge < -0.3 is 28.4 Å². The summed E-state index contributed by atoms with van der Waals surface area (Å²) in [5.41, 5.74) is -2.08. The second-order valence-electron chi connectivity index (χ2n) is 26.8. The van der Waals surface area contributed by atoms with Crippen molar-refractivity contribution in [3.8, 4) is 0 Å². The summed E-state index contributed by atoms with van der Waals surface area (Å²) in [5, 5.41) is 0. The van der Waals surface area contributed by atoms with Gasteiger partial charge in [-0.1, -0.05) is 48.0 Å². The third-order valence-corrected chi connectivity index (χ3v) is 19.9. The van der Waals surface area contributed by atoms with E-state index in [0.29, 0.717) is 30.6 Å². The Morgan fingerprint density at radius 2 is 1.04 bits per heavy atom. The number of likely N-dealkylation sites (tertiary alicyclic amines) is 1. The van der Waals surface area contributed by atoms with Crippen molar-refractivity contribution in [1.29, 1.82) is 0 Å². The molecule has 0 aromatic heterocycles. The number of rotatable bonds is 18. The van der Waals surface area contributed by atoms with Crippen LogP contribution in [-0.2, 0) is 66.8 Å². The van der Waals surface area contributed by atoms with E-state index in [-0.39, 0.29) is 108 Å². The number of fused-ring (bicyclic) bond motifs is 1. The van der Waals surface area contributed by atoms with Crippen LogP contribution in [0.5, 0.6) is 0 Å². The average molecular weight is 1080 g/mol. The van der Waals surface area contributed by atoms with Gasteiger partial charge >= 0.3 is 35.8 Å². The van der Waals surface area contributed by atoms with Crippen LogP contribution in [0.3, 0.4) is 0 Å². The molecular formula is C62H101NO14. The standard InChI is InChI=1S/C18H26O6.C18H30O2.C14H26O2.C12H19NO4/c1-4-18(2,3)17(21)22-9-14(19)24-15-11-5-10-6-12(8-11)16(20)23-13(15)7-10;1-5-17(3,4)16(19)20-18(6-2)14-8-12-7-13(10-14)11-15(18)9-12;1-5-13(3,4)12(15)16-14(6-2)10-8-7-9-11-14;1-4-12(2,3)11(16)17-8-7-13-9(14)5-6-10(13)15/h10-13,15H,4-9H2,1-3H3;12-15H,5-11H2,1-4H3;5-11H2,1-4H3;4-8H2,1-3H3. The maximum atomic E-state index is 12.6. The molecule has 15 heteroatoms. The van der Waals surface area contributed by atoms with Crippen molar-refractivity contribution in [2.24, 2.45) is 63.1 Å². The highest BCUT2D eigenvalue weighted by Gasteiger charge is 2.59. The summed E-state index contributed by atoms with van der Waals surface area (Å²) in [7, 11) is 0. The summed E-state index contributed by atoms with van der Waals surface area (Å²) >= 11 is 0. The molecule has 8 bridgehead atoms. The molecule has 3 saturated heterocycles. The Hall–Kier alpha value is -4.04. The number of esters is 6. The van der Waals surface area contributed by atoms with E-state index in [1.807, 2.05) is 62.3 Å². The van der Waals surface area contributed by atoms with Crippen molar-refractivity contribution in [3.05, 3.63) is 0 Å². The second kappa shape index (κ2) is 26.5. The van der Waals surface area contributed by atoms with E-state index in [1.54, 1.807) is 13.8 Å². The fourth-order valence-electron chi connectivity index (χ4n) is 13.0. The number of hydrogen-bond acceptors (Lipinski definition) is 14. The topological polar surface area (TPSA) is 195 Å². The molecule has 0 radical (unpaired) electrons. The molecular weight excluding hydrogens is 983 g/mol. The molecule has 0 aromatic carbocycles. The lowest BCUT2D eigenvalue weighted by molar-refractivity contribution is -0.218. The van der Waals surface area contributed by atoms with Gasteiger partial charge in [-0.3, -0.25) is 38.5 Å². The molecule has 0 N–H and O–H groups in total.